The van der Waals surface area contributed by atoms with Gasteiger partial charge in [-0.2, -0.15) is 4.31 Å². The van der Waals surface area contributed by atoms with E-state index in [1.54, 1.807) is 54.3 Å². The van der Waals surface area contributed by atoms with Gasteiger partial charge in [0, 0.05) is 17.5 Å². The third-order valence-corrected chi connectivity index (χ3v) is 9.04. The Balaban J connectivity index is 1.65. The second-order valence-electron chi connectivity index (χ2n) is 8.41. The lowest BCUT2D eigenvalue weighted by atomic mass is 9.93. The largest absolute Gasteiger partial charge is 0.497 e. The first kappa shape index (κ1) is 24.4. The van der Waals surface area contributed by atoms with E-state index >= 15 is 0 Å². The maximum absolute atomic E-state index is 13.6. The second-order valence-corrected chi connectivity index (χ2v) is 11.3. The van der Waals surface area contributed by atoms with Crippen molar-refractivity contribution >= 4 is 27.3 Å². The minimum absolute atomic E-state index is 0.101. The number of methoxy groups -OCH3 is 1. The van der Waals surface area contributed by atoms with Crippen LogP contribution in [0.4, 0.5) is 4.39 Å². The molecule has 0 N–H and O–H groups in total. The summed E-state index contributed by atoms with van der Waals surface area (Å²) >= 11 is 1.64. The summed E-state index contributed by atoms with van der Waals surface area (Å²) in [5.41, 5.74) is 1.80. The molecule has 6 nitrogen and oxygen atoms in total. The van der Waals surface area contributed by atoms with E-state index in [9.17, 15) is 17.6 Å². The maximum Gasteiger partial charge on any atom is 0.243 e. The highest BCUT2D eigenvalue weighted by atomic mass is 32.2. The van der Waals surface area contributed by atoms with Crippen molar-refractivity contribution in [1.29, 1.82) is 0 Å². The molecule has 0 fully saturated rings. The molecule has 1 aromatic heterocycles. The molecule has 0 saturated carbocycles. The molecular formula is C25H27FN2O4S2. The molecule has 34 heavy (non-hydrogen) atoms. The number of sulfonamides is 1. The molecule has 0 radical (unpaired) electrons. The van der Waals surface area contributed by atoms with Crippen LogP contribution in [0, 0.1) is 5.82 Å². The third-order valence-electron chi connectivity index (χ3n) is 6.01. The van der Waals surface area contributed by atoms with Gasteiger partial charge in [-0.25, -0.2) is 12.8 Å². The molecule has 1 atom stereocenters. The molecule has 0 saturated heterocycles. The van der Waals surface area contributed by atoms with E-state index in [0.717, 1.165) is 11.1 Å². The van der Waals surface area contributed by atoms with Crippen LogP contribution >= 0.6 is 11.3 Å². The minimum atomic E-state index is -3.91. The van der Waals surface area contributed by atoms with E-state index in [1.807, 2.05) is 11.4 Å². The Labute approximate surface area is 203 Å². The number of thiophene rings is 1. The van der Waals surface area contributed by atoms with Crippen LogP contribution < -0.4 is 4.74 Å². The summed E-state index contributed by atoms with van der Waals surface area (Å²) in [5, 5.41) is 1.99. The van der Waals surface area contributed by atoms with Crippen LogP contribution in [0.1, 0.15) is 35.9 Å². The maximum atomic E-state index is 13.6. The minimum Gasteiger partial charge on any atom is -0.497 e. The Hall–Kier alpha value is -2.75. The van der Waals surface area contributed by atoms with Gasteiger partial charge in [-0.05, 0) is 79.2 Å². The number of fused-ring (bicyclic) bond motifs is 1. The van der Waals surface area contributed by atoms with Crippen molar-refractivity contribution in [3.05, 3.63) is 81.8 Å². The number of amides is 1. The van der Waals surface area contributed by atoms with E-state index in [0.29, 0.717) is 18.7 Å². The zero-order valence-electron chi connectivity index (χ0n) is 19.3. The van der Waals surface area contributed by atoms with E-state index in [-0.39, 0.29) is 29.2 Å². The number of ether oxygens (including phenoxy) is 1. The summed E-state index contributed by atoms with van der Waals surface area (Å²) in [5.74, 6) is -0.0929. The monoisotopic (exact) mass is 502 g/mol. The molecule has 0 bridgehead atoms. The number of rotatable bonds is 7. The third kappa shape index (κ3) is 4.73. The Morgan fingerprint density at radius 2 is 1.82 bits per heavy atom. The highest BCUT2D eigenvalue weighted by Gasteiger charge is 2.36. The topological polar surface area (TPSA) is 66.9 Å². The van der Waals surface area contributed by atoms with Gasteiger partial charge in [0.1, 0.15) is 11.6 Å². The SMILES string of the molecule is COc1ccc(S(=O)(=O)N(CC(=O)N2CCc3sccc3C2c2ccc(F)cc2)C(C)C)cc1. The molecule has 1 amide bonds. The molecule has 180 valence electrons. The van der Waals surface area contributed by atoms with Crippen LogP contribution in [0.3, 0.4) is 0 Å². The average Bonchev–Trinajstić information content (AvgIpc) is 3.31. The summed E-state index contributed by atoms with van der Waals surface area (Å²) in [6, 6.07) is 13.4. The summed E-state index contributed by atoms with van der Waals surface area (Å²) in [4.78, 5) is 16.6. The smallest absolute Gasteiger partial charge is 0.243 e. The summed E-state index contributed by atoms with van der Waals surface area (Å²) in [6.45, 7) is 3.67. The van der Waals surface area contributed by atoms with E-state index < -0.39 is 16.1 Å². The number of carbonyl (C=O) groups excluding carboxylic acids is 1. The van der Waals surface area contributed by atoms with E-state index in [2.05, 4.69) is 0 Å². The highest BCUT2D eigenvalue weighted by molar-refractivity contribution is 7.89. The predicted octanol–water partition coefficient (Wildman–Crippen LogP) is 4.47. The van der Waals surface area contributed by atoms with Crippen LogP contribution in [0.25, 0.3) is 0 Å². The van der Waals surface area contributed by atoms with Crippen molar-refractivity contribution in [2.24, 2.45) is 0 Å². The Kier molecular flexibility index (Phi) is 7.06. The van der Waals surface area contributed by atoms with Gasteiger partial charge in [-0.1, -0.05) is 12.1 Å². The van der Waals surface area contributed by atoms with E-state index in [1.165, 1.54) is 40.6 Å². The first-order valence-electron chi connectivity index (χ1n) is 11.0. The molecule has 9 heteroatoms. The van der Waals surface area contributed by atoms with Crippen molar-refractivity contribution in [2.75, 3.05) is 20.2 Å². The first-order chi connectivity index (χ1) is 16.2. The highest BCUT2D eigenvalue weighted by Crippen LogP contribution is 2.38. The fourth-order valence-corrected chi connectivity index (χ4v) is 6.73. The van der Waals surface area contributed by atoms with Crippen molar-refractivity contribution in [1.82, 2.24) is 9.21 Å². The molecule has 1 aliphatic heterocycles. The zero-order chi connectivity index (χ0) is 24.5. The van der Waals surface area contributed by atoms with Crippen LogP contribution in [-0.2, 0) is 21.2 Å². The van der Waals surface area contributed by atoms with Gasteiger partial charge in [-0.15, -0.1) is 11.3 Å². The van der Waals surface area contributed by atoms with Gasteiger partial charge in [0.2, 0.25) is 15.9 Å². The Bertz CT molecular complexity index is 1250. The number of hydrogen-bond donors (Lipinski definition) is 0. The fraction of sp³-hybridized carbons (Fsp3) is 0.320. The van der Waals surface area contributed by atoms with Crippen molar-refractivity contribution < 1.29 is 22.3 Å². The van der Waals surface area contributed by atoms with Crippen LogP contribution in [-0.4, -0.2) is 49.8 Å². The number of hydrogen-bond acceptors (Lipinski definition) is 5. The lowest BCUT2D eigenvalue weighted by molar-refractivity contribution is -0.133. The molecule has 3 aromatic rings. The lowest BCUT2D eigenvalue weighted by Gasteiger charge is -2.38. The number of benzene rings is 2. The summed E-state index contributed by atoms with van der Waals surface area (Å²) < 4.78 is 46.8. The summed E-state index contributed by atoms with van der Waals surface area (Å²) in [7, 11) is -2.40. The average molecular weight is 503 g/mol. The summed E-state index contributed by atoms with van der Waals surface area (Å²) in [6.07, 6.45) is 0.698. The fourth-order valence-electron chi connectivity index (χ4n) is 4.24. The van der Waals surface area contributed by atoms with Crippen molar-refractivity contribution in [3.8, 4) is 5.75 Å². The first-order valence-corrected chi connectivity index (χ1v) is 13.3. The number of carbonyl (C=O) groups is 1. The van der Waals surface area contributed by atoms with Crippen LogP contribution in [0.5, 0.6) is 5.75 Å². The molecule has 4 rings (SSSR count). The Morgan fingerprint density at radius 1 is 1.15 bits per heavy atom. The Morgan fingerprint density at radius 3 is 2.44 bits per heavy atom. The molecule has 2 aromatic carbocycles. The van der Waals surface area contributed by atoms with Gasteiger partial charge in [0.15, 0.2) is 0 Å². The zero-order valence-corrected chi connectivity index (χ0v) is 20.9. The van der Waals surface area contributed by atoms with Gasteiger partial charge in [0.25, 0.3) is 0 Å². The number of nitrogens with zero attached hydrogens (tertiary/aromatic N) is 2. The molecular weight excluding hydrogens is 475 g/mol. The molecule has 0 spiro atoms. The predicted molar refractivity (Wildman–Crippen MR) is 130 cm³/mol. The van der Waals surface area contributed by atoms with Crippen LogP contribution in [0.2, 0.25) is 0 Å². The van der Waals surface area contributed by atoms with Gasteiger partial charge >= 0.3 is 0 Å². The normalized spacial score (nSPS) is 16.1. The molecule has 2 heterocycles. The molecule has 1 unspecified atom stereocenters. The quantitative estimate of drug-likeness (QED) is 0.478. The van der Waals surface area contributed by atoms with Gasteiger partial charge < -0.3 is 9.64 Å². The molecule has 1 aliphatic rings. The van der Waals surface area contributed by atoms with Crippen LogP contribution in [0.15, 0.2) is 64.9 Å². The van der Waals surface area contributed by atoms with Gasteiger partial charge in [-0.3, -0.25) is 4.79 Å². The number of halogens is 1. The van der Waals surface area contributed by atoms with Crippen molar-refractivity contribution in [3.63, 3.8) is 0 Å². The standard InChI is InChI=1S/C25H27FN2O4S2/c1-17(2)28(34(30,31)21-10-8-20(32-3)9-11-21)16-24(29)27-14-12-23-22(13-15-33-23)25(27)18-4-6-19(26)7-5-18/h4-11,13,15,17,25H,12,14,16H2,1-3H3. The van der Waals surface area contributed by atoms with Gasteiger partial charge in [0.05, 0.1) is 24.6 Å². The molecule has 0 aliphatic carbocycles. The van der Waals surface area contributed by atoms with Crippen molar-refractivity contribution in [2.45, 2.75) is 37.2 Å². The lowest BCUT2D eigenvalue weighted by Crippen LogP contribution is -2.48. The second kappa shape index (κ2) is 9.85. The van der Waals surface area contributed by atoms with E-state index in [4.69, 9.17) is 4.74 Å².